The summed E-state index contributed by atoms with van der Waals surface area (Å²) < 4.78 is 0. The Balaban J connectivity index is 1.86. The molecule has 0 aliphatic rings. The molecule has 0 atom stereocenters. The maximum atomic E-state index is 3.99. The molecule has 0 saturated heterocycles. The van der Waals surface area contributed by atoms with E-state index < -0.39 is 0 Å². The first-order chi connectivity index (χ1) is 8.95. The standard InChI is InChI=1S/C14H12N4/c1-3-7-13(8-4-1)17-15-11-12-16-18-14-9-5-2-6-10-14/h1-12H/b12-11+,17-15?,18-16?. The molecule has 2 aromatic rings. The third kappa shape index (κ3) is 4.09. The maximum Gasteiger partial charge on any atom is 0.0856 e. The number of rotatable bonds is 4. The highest BCUT2D eigenvalue weighted by Crippen LogP contribution is 2.11. The Morgan fingerprint density at radius 1 is 0.556 bits per heavy atom. The molecule has 0 spiro atoms. The number of benzene rings is 2. The summed E-state index contributed by atoms with van der Waals surface area (Å²) in [4.78, 5) is 0. The summed E-state index contributed by atoms with van der Waals surface area (Å²) in [5, 5.41) is 15.7. The highest BCUT2D eigenvalue weighted by atomic mass is 15.1. The molecule has 0 aliphatic heterocycles. The fourth-order valence-electron chi connectivity index (χ4n) is 1.25. The zero-order valence-electron chi connectivity index (χ0n) is 9.72. The summed E-state index contributed by atoms with van der Waals surface area (Å²) in [5.74, 6) is 0. The third-order valence-corrected chi connectivity index (χ3v) is 2.06. The fraction of sp³-hybridized carbons (Fsp3) is 0. The van der Waals surface area contributed by atoms with Crippen LogP contribution in [0.4, 0.5) is 11.4 Å². The van der Waals surface area contributed by atoms with Crippen LogP contribution >= 0.6 is 0 Å². The van der Waals surface area contributed by atoms with Crippen LogP contribution in [0.25, 0.3) is 0 Å². The van der Waals surface area contributed by atoms with Crippen LogP contribution in [0, 0.1) is 0 Å². The van der Waals surface area contributed by atoms with E-state index >= 15 is 0 Å². The molecule has 0 amide bonds. The molecule has 4 heteroatoms. The van der Waals surface area contributed by atoms with E-state index in [1.54, 1.807) is 0 Å². The monoisotopic (exact) mass is 236 g/mol. The Morgan fingerprint density at radius 2 is 0.944 bits per heavy atom. The van der Waals surface area contributed by atoms with E-state index in [2.05, 4.69) is 20.5 Å². The Kier molecular flexibility index (Phi) is 4.51. The molecule has 0 bridgehead atoms. The van der Waals surface area contributed by atoms with Crippen LogP contribution in [-0.4, -0.2) is 0 Å². The van der Waals surface area contributed by atoms with Gasteiger partial charge in [0.05, 0.1) is 23.8 Å². The van der Waals surface area contributed by atoms with Gasteiger partial charge in [0.15, 0.2) is 0 Å². The molecule has 0 unspecified atom stereocenters. The van der Waals surface area contributed by atoms with Gasteiger partial charge in [-0.3, -0.25) is 0 Å². The van der Waals surface area contributed by atoms with Gasteiger partial charge in [0.2, 0.25) is 0 Å². The van der Waals surface area contributed by atoms with E-state index in [0.29, 0.717) is 0 Å². The lowest BCUT2D eigenvalue weighted by atomic mass is 10.3. The molecule has 0 fully saturated rings. The molecule has 0 radical (unpaired) electrons. The molecule has 0 N–H and O–H groups in total. The van der Waals surface area contributed by atoms with E-state index in [9.17, 15) is 0 Å². The maximum absolute atomic E-state index is 3.99. The van der Waals surface area contributed by atoms with Crippen molar-refractivity contribution in [2.75, 3.05) is 0 Å². The van der Waals surface area contributed by atoms with Gasteiger partial charge in [-0.15, -0.1) is 0 Å². The lowest BCUT2D eigenvalue weighted by Crippen LogP contribution is -1.60. The van der Waals surface area contributed by atoms with Gasteiger partial charge in [-0.05, 0) is 24.3 Å². The summed E-state index contributed by atoms with van der Waals surface area (Å²) >= 11 is 0. The molecule has 18 heavy (non-hydrogen) atoms. The molecule has 88 valence electrons. The number of nitrogens with zero attached hydrogens (tertiary/aromatic N) is 4. The molecule has 0 aromatic heterocycles. The molecule has 0 aliphatic carbocycles. The predicted molar refractivity (Wildman–Crippen MR) is 71.1 cm³/mol. The van der Waals surface area contributed by atoms with Crippen LogP contribution in [-0.2, 0) is 0 Å². The van der Waals surface area contributed by atoms with Gasteiger partial charge >= 0.3 is 0 Å². The van der Waals surface area contributed by atoms with Crippen molar-refractivity contribution in [1.82, 2.24) is 0 Å². The van der Waals surface area contributed by atoms with Gasteiger partial charge in [-0.2, -0.15) is 20.5 Å². The van der Waals surface area contributed by atoms with Crippen molar-refractivity contribution in [2.24, 2.45) is 20.5 Å². The minimum absolute atomic E-state index is 0.808. The van der Waals surface area contributed by atoms with Crippen LogP contribution in [0.5, 0.6) is 0 Å². The Hall–Kier alpha value is -2.62. The Bertz CT molecular complexity index is 493. The van der Waals surface area contributed by atoms with E-state index in [1.807, 2.05) is 60.7 Å². The summed E-state index contributed by atoms with van der Waals surface area (Å²) in [6.45, 7) is 0. The molecule has 0 heterocycles. The molecule has 0 saturated carbocycles. The molecular formula is C14H12N4. The topological polar surface area (TPSA) is 49.4 Å². The zero-order valence-corrected chi connectivity index (χ0v) is 9.72. The molecule has 2 rings (SSSR count). The first-order valence-electron chi connectivity index (χ1n) is 5.52. The van der Waals surface area contributed by atoms with Gasteiger partial charge in [0.25, 0.3) is 0 Å². The number of hydrogen-bond donors (Lipinski definition) is 0. The van der Waals surface area contributed by atoms with E-state index in [1.165, 1.54) is 12.4 Å². The zero-order chi connectivity index (χ0) is 12.5. The highest BCUT2D eigenvalue weighted by molar-refractivity contribution is 5.35. The Labute approximate surface area is 105 Å². The van der Waals surface area contributed by atoms with Gasteiger partial charge in [0, 0.05) is 0 Å². The van der Waals surface area contributed by atoms with Crippen LogP contribution in [0.2, 0.25) is 0 Å². The number of hydrogen-bond acceptors (Lipinski definition) is 4. The van der Waals surface area contributed by atoms with Gasteiger partial charge in [-0.25, -0.2) is 0 Å². The van der Waals surface area contributed by atoms with Crippen LogP contribution < -0.4 is 0 Å². The van der Waals surface area contributed by atoms with Crippen molar-refractivity contribution < 1.29 is 0 Å². The molecule has 2 aromatic carbocycles. The van der Waals surface area contributed by atoms with E-state index in [4.69, 9.17) is 0 Å². The SMILES string of the molecule is C(=C\N=Nc1ccccc1)/N=Nc1ccccc1. The Morgan fingerprint density at radius 3 is 1.33 bits per heavy atom. The summed E-state index contributed by atoms with van der Waals surface area (Å²) in [6.07, 6.45) is 3.00. The molecule has 4 nitrogen and oxygen atoms in total. The smallest absolute Gasteiger partial charge is 0.0856 e. The predicted octanol–water partition coefficient (Wildman–Crippen LogP) is 5.03. The lowest BCUT2D eigenvalue weighted by molar-refractivity contribution is 1.18. The van der Waals surface area contributed by atoms with Crippen LogP contribution in [0.15, 0.2) is 93.5 Å². The van der Waals surface area contributed by atoms with Crippen LogP contribution in [0.3, 0.4) is 0 Å². The number of azo groups is 2. The van der Waals surface area contributed by atoms with Gasteiger partial charge in [0.1, 0.15) is 0 Å². The van der Waals surface area contributed by atoms with Crippen molar-refractivity contribution >= 4 is 11.4 Å². The quantitative estimate of drug-likeness (QED) is 0.669. The van der Waals surface area contributed by atoms with Crippen molar-refractivity contribution in [3.05, 3.63) is 73.1 Å². The van der Waals surface area contributed by atoms with Crippen molar-refractivity contribution in [2.45, 2.75) is 0 Å². The first kappa shape index (κ1) is 11.9. The van der Waals surface area contributed by atoms with E-state index in [-0.39, 0.29) is 0 Å². The first-order valence-corrected chi connectivity index (χ1v) is 5.52. The van der Waals surface area contributed by atoms with Gasteiger partial charge in [-0.1, -0.05) is 36.4 Å². The highest BCUT2D eigenvalue weighted by Gasteiger charge is 1.83. The van der Waals surface area contributed by atoms with E-state index in [0.717, 1.165) is 11.4 Å². The minimum Gasteiger partial charge on any atom is -0.157 e. The second-order valence-corrected chi connectivity index (χ2v) is 3.40. The molecular weight excluding hydrogens is 224 g/mol. The largest absolute Gasteiger partial charge is 0.157 e. The average Bonchev–Trinajstić information content (AvgIpc) is 2.45. The summed E-state index contributed by atoms with van der Waals surface area (Å²) in [7, 11) is 0. The fourth-order valence-corrected chi connectivity index (χ4v) is 1.25. The van der Waals surface area contributed by atoms with Crippen molar-refractivity contribution in [3.63, 3.8) is 0 Å². The summed E-state index contributed by atoms with van der Waals surface area (Å²) in [6, 6.07) is 19.0. The average molecular weight is 236 g/mol. The van der Waals surface area contributed by atoms with Crippen molar-refractivity contribution in [3.8, 4) is 0 Å². The van der Waals surface area contributed by atoms with Gasteiger partial charge < -0.3 is 0 Å². The second kappa shape index (κ2) is 6.85. The lowest BCUT2D eigenvalue weighted by Gasteiger charge is -1.87. The third-order valence-electron chi connectivity index (χ3n) is 2.06. The van der Waals surface area contributed by atoms with Crippen molar-refractivity contribution in [1.29, 1.82) is 0 Å². The van der Waals surface area contributed by atoms with Crippen LogP contribution in [0.1, 0.15) is 0 Å². The normalized spacial score (nSPS) is 11.8. The summed E-state index contributed by atoms with van der Waals surface area (Å²) in [5.41, 5.74) is 1.62. The minimum atomic E-state index is 0.808. The second-order valence-electron chi connectivity index (χ2n) is 3.40.